The predicted octanol–water partition coefficient (Wildman–Crippen LogP) is 3.91. The van der Waals surface area contributed by atoms with Crippen molar-refractivity contribution >= 4 is 22.6 Å². The molecule has 0 aliphatic carbocycles. The maximum absolute atomic E-state index is 14.0. The summed E-state index contributed by atoms with van der Waals surface area (Å²) in [7, 11) is 1.59. The molecule has 0 spiro atoms. The smallest absolute Gasteiger partial charge is 0.147 e. The summed E-state index contributed by atoms with van der Waals surface area (Å²) in [6.07, 6.45) is 0. The first-order valence-corrected chi connectivity index (χ1v) is 6.64. The first-order chi connectivity index (χ1) is 9.74. The quantitative estimate of drug-likeness (QED) is 0.684. The van der Waals surface area contributed by atoms with Gasteiger partial charge in [-0.2, -0.15) is 0 Å². The Morgan fingerprint density at radius 1 is 1.25 bits per heavy atom. The van der Waals surface area contributed by atoms with Gasteiger partial charge in [0, 0.05) is 6.07 Å². The topological polar surface area (TPSA) is 27.1 Å². The Labute approximate surface area is 120 Å². The number of para-hydroxylation sites is 1. The highest BCUT2D eigenvalue weighted by molar-refractivity contribution is 6.17. The van der Waals surface area contributed by atoms with E-state index in [2.05, 4.69) is 4.98 Å². The van der Waals surface area contributed by atoms with E-state index < -0.39 is 0 Å². The van der Waals surface area contributed by atoms with Crippen LogP contribution in [0.2, 0.25) is 0 Å². The van der Waals surface area contributed by atoms with Gasteiger partial charge in [-0.1, -0.05) is 12.1 Å². The highest BCUT2D eigenvalue weighted by Crippen LogP contribution is 2.27. The van der Waals surface area contributed by atoms with E-state index in [9.17, 15) is 4.39 Å². The predicted molar refractivity (Wildman–Crippen MR) is 77.1 cm³/mol. The van der Waals surface area contributed by atoms with E-state index in [1.54, 1.807) is 29.9 Å². The van der Waals surface area contributed by atoms with Gasteiger partial charge in [-0.25, -0.2) is 9.37 Å². The van der Waals surface area contributed by atoms with Gasteiger partial charge in [0.1, 0.15) is 17.4 Å². The van der Waals surface area contributed by atoms with E-state index in [0.29, 0.717) is 17.3 Å². The van der Waals surface area contributed by atoms with E-state index in [-0.39, 0.29) is 11.7 Å². The van der Waals surface area contributed by atoms with Crippen molar-refractivity contribution in [3.05, 3.63) is 54.1 Å². The van der Waals surface area contributed by atoms with Gasteiger partial charge in [-0.3, -0.25) is 4.57 Å². The molecule has 0 radical (unpaired) electrons. The monoisotopic (exact) mass is 290 g/mol. The normalized spacial score (nSPS) is 10.9. The zero-order valence-electron chi connectivity index (χ0n) is 10.8. The molecule has 3 rings (SSSR count). The minimum Gasteiger partial charge on any atom is -0.497 e. The van der Waals surface area contributed by atoms with Gasteiger partial charge in [-0.05, 0) is 24.3 Å². The Bertz CT molecular complexity index is 770. The standard InChI is InChI=1S/C15H12ClFN2O/c1-20-10-6-7-14-12(8-10)18-15(9-16)19(14)13-5-3-2-4-11(13)17/h2-8H,9H2,1H3. The van der Waals surface area contributed by atoms with E-state index >= 15 is 0 Å². The molecule has 2 aromatic carbocycles. The zero-order chi connectivity index (χ0) is 14.1. The molecule has 0 unspecified atom stereocenters. The van der Waals surface area contributed by atoms with E-state index in [1.165, 1.54) is 6.07 Å². The summed E-state index contributed by atoms with van der Waals surface area (Å²) in [4.78, 5) is 4.44. The average Bonchev–Trinajstić information content (AvgIpc) is 2.85. The molecule has 102 valence electrons. The lowest BCUT2D eigenvalue weighted by Gasteiger charge is -2.08. The molecule has 5 heteroatoms. The largest absolute Gasteiger partial charge is 0.497 e. The summed E-state index contributed by atoms with van der Waals surface area (Å²) >= 11 is 5.94. The molecule has 20 heavy (non-hydrogen) atoms. The second-order valence-corrected chi connectivity index (χ2v) is 4.57. The van der Waals surface area contributed by atoms with Crippen LogP contribution in [0.3, 0.4) is 0 Å². The molecule has 0 amide bonds. The first kappa shape index (κ1) is 12.9. The van der Waals surface area contributed by atoms with Crippen LogP contribution >= 0.6 is 11.6 Å². The van der Waals surface area contributed by atoms with Crippen molar-refractivity contribution in [2.45, 2.75) is 5.88 Å². The lowest BCUT2D eigenvalue weighted by Crippen LogP contribution is -2.01. The number of rotatable bonds is 3. The molecular formula is C15H12ClFN2O. The number of methoxy groups -OCH3 is 1. The van der Waals surface area contributed by atoms with E-state index in [1.807, 2.05) is 18.2 Å². The Morgan fingerprint density at radius 2 is 2.05 bits per heavy atom. The molecule has 0 saturated carbocycles. The fraction of sp³-hybridized carbons (Fsp3) is 0.133. The van der Waals surface area contributed by atoms with Crippen LogP contribution in [0.25, 0.3) is 16.7 Å². The van der Waals surface area contributed by atoms with Gasteiger partial charge in [-0.15, -0.1) is 11.6 Å². The molecule has 0 aliphatic heterocycles. The molecular weight excluding hydrogens is 279 g/mol. The number of hydrogen-bond acceptors (Lipinski definition) is 2. The van der Waals surface area contributed by atoms with Gasteiger partial charge >= 0.3 is 0 Å². The van der Waals surface area contributed by atoms with Crippen molar-refractivity contribution in [2.75, 3.05) is 7.11 Å². The molecule has 0 N–H and O–H groups in total. The van der Waals surface area contributed by atoms with E-state index in [4.69, 9.17) is 16.3 Å². The lowest BCUT2D eigenvalue weighted by molar-refractivity contribution is 0.415. The maximum atomic E-state index is 14.0. The number of fused-ring (bicyclic) bond motifs is 1. The van der Waals surface area contributed by atoms with Crippen LogP contribution in [-0.4, -0.2) is 16.7 Å². The molecule has 3 aromatic rings. The number of nitrogens with zero attached hydrogens (tertiary/aromatic N) is 2. The fourth-order valence-electron chi connectivity index (χ4n) is 2.23. The van der Waals surface area contributed by atoms with E-state index in [0.717, 1.165) is 11.0 Å². The van der Waals surface area contributed by atoms with Crippen molar-refractivity contribution in [1.29, 1.82) is 0 Å². The van der Waals surface area contributed by atoms with Crippen molar-refractivity contribution in [2.24, 2.45) is 0 Å². The number of imidazole rings is 1. The first-order valence-electron chi connectivity index (χ1n) is 6.11. The number of alkyl halides is 1. The van der Waals surface area contributed by atoms with Gasteiger partial charge in [0.05, 0.1) is 29.7 Å². The van der Waals surface area contributed by atoms with Crippen LogP contribution in [0.4, 0.5) is 4.39 Å². The van der Waals surface area contributed by atoms with Crippen molar-refractivity contribution in [3.63, 3.8) is 0 Å². The van der Waals surface area contributed by atoms with Crippen molar-refractivity contribution in [1.82, 2.24) is 9.55 Å². The summed E-state index contributed by atoms with van der Waals surface area (Å²) in [5, 5.41) is 0. The molecule has 0 saturated heterocycles. The van der Waals surface area contributed by atoms with Crippen LogP contribution in [-0.2, 0) is 5.88 Å². The minimum atomic E-state index is -0.311. The maximum Gasteiger partial charge on any atom is 0.147 e. The van der Waals surface area contributed by atoms with Gasteiger partial charge in [0.25, 0.3) is 0 Å². The molecule has 0 atom stereocenters. The minimum absolute atomic E-state index is 0.200. The fourth-order valence-corrected chi connectivity index (χ4v) is 2.41. The van der Waals surface area contributed by atoms with Crippen LogP contribution in [0.1, 0.15) is 5.82 Å². The summed E-state index contributed by atoms with van der Waals surface area (Å²) in [6.45, 7) is 0. The Morgan fingerprint density at radius 3 is 2.75 bits per heavy atom. The second kappa shape index (κ2) is 5.13. The number of ether oxygens (including phenoxy) is 1. The number of halogens is 2. The van der Waals surface area contributed by atoms with Crippen molar-refractivity contribution in [3.8, 4) is 11.4 Å². The summed E-state index contributed by atoms with van der Waals surface area (Å²) < 4.78 is 20.9. The van der Waals surface area contributed by atoms with Gasteiger partial charge < -0.3 is 4.74 Å². The average molecular weight is 291 g/mol. The van der Waals surface area contributed by atoms with Gasteiger partial charge in [0.15, 0.2) is 0 Å². The molecule has 0 aliphatic rings. The highest BCUT2D eigenvalue weighted by Gasteiger charge is 2.14. The van der Waals surface area contributed by atoms with Crippen LogP contribution < -0.4 is 4.74 Å². The molecule has 1 heterocycles. The zero-order valence-corrected chi connectivity index (χ0v) is 11.6. The molecule has 3 nitrogen and oxygen atoms in total. The third-order valence-electron chi connectivity index (χ3n) is 3.14. The Kier molecular flexibility index (Phi) is 3.32. The SMILES string of the molecule is COc1ccc2c(c1)nc(CCl)n2-c1ccccc1F. The molecule has 0 bridgehead atoms. The van der Waals surface area contributed by atoms with Crippen LogP contribution in [0, 0.1) is 5.82 Å². The van der Waals surface area contributed by atoms with Crippen LogP contribution in [0.15, 0.2) is 42.5 Å². The number of aromatic nitrogens is 2. The third kappa shape index (κ3) is 2.02. The Hall–Kier alpha value is -2.07. The van der Waals surface area contributed by atoms with Gasteiger partial charge in [0.2, 0.25) is 0 Å². The summed E-state index contributed by atoms with van der Waals surface area (Å²) in [6, 6.07) is 12.0. The highest BCUT2D eigenvalue weighted by atomic mass is 35.5. The summed E-state index contributed by atoms with van der Waals surface area (Å²) in [5.74, 6) is 1.19. The second-order valence-electron chi connectivity index (χ2n) is 4.30. The van der Waals surface area contributed by atoms with Crippen LogP contribution in [0.5, 0.6) is 5.75 Å². The third-order valence-corrected chi connectivity index (χ3v) is 3.38. The number of benzene rings is 2. The molecule has 0 fully saturated rings. The number of hydrogen-bond donors (Lipinski definition) is 0. The van der Waals surface area contributed by atoms with Crippen molar-refractivity contribution < 1.29 is 9.13 Å². The lowest BCUT2D eigenvalue weighted by atomic mass is 10.2. The molecule has 1 aromatic heterocycles. The Balaban J connectivity index is 2.31. The summed E-state index contributed by atoms with van der Waals surface area (Å²) in [5.41, 5.74) is 1.96.